The summed E-state index contributed by atoms with van der Waals surface area (Å²) >= 11 is 0. The number of piperidine rings is 1. The van der Waals surface area contributed by atoms with Crippen LogP contribution in [0.25, 0.3) is 0 Å². The van der Waals surface area contributed by atoms with Crippen LogP contribution in [0.15, 0.2) is 42.5 Å². The first-order valence-electron chi connectivity index (χ1n) is 11.2. The van der Waals surface area contributed by atoms with Crippen LogP contribution in [-0.4, -0.2) is 35.0 Å². The Labute approximate surface area is 189 Å². The van der Waals surface area contributed by atoms with Crippen molar-refractivity contribution in [3.63, 3.8) is 0 Å². The zero-order valence-electron chi connectivity index (χ0n) is 19.0. The molecular weight excluding hydrogens is 406 g/mol. The Morgan fingerprint density at radius 3 is 2.19 bits per heavy atom. The van der Waals surface area contributed by atoms with Crippen LogP contribution in [0.4, 0.5) is 15.3 Å². The predicted molar refractivity (Wildman–Crippen MR) is 122 cm³/mol. The molecule has 7 nitrogen and oxygen atoms in total. The van der Waals surface area contributed by atoms with E-state index in [9.17, 15) is 9.59 Å². The minimum atomic E-state index is -0.462. The minimum absolute atomic E-state index is 0.147. The van der Waals surface area contributed by atoms with E-state index in [-0.39, 0.29) is 11.4 Å². The molecule has 2 aliphatic heterocycles. The summed E-state index contributed by atoms with van der Waals surface area (Å²) < 4.78 is 0. The van der Waals surface area contributed by atoms with Gasteiger partial charge in [-0.2, -0.15) is 0 Å². The predicted octanol–water partition coefficient (Wildman–Crippen LogP) is 5.45. The van der Waals surface area contributed by atoms with Crippen LogP contribution in [0.3, 0.4) is 0 Å². The fourth-order valence-corrected chi connectivity index (χ4v) is 4.16. The highest BCUT2D eigenvalue weighted by atomic mass is 17.2. The average molecular weight is 438 g/mol. The van der Waals surface area contributed by atoms with Gasteiger partial charge in [0.2, 0.25) is 0 Å². The third-order valence-electron chi connectivity index (χ3n) is 5.98. The molecule has 2 aliphatic rings. The summed E-state index contributed by atoms with van der Waals surface area (Å²) in [6.45, 7) is 8.72. The Morgan fingerprint density at radius 1 is 0.906 bits per heavy atom. The first kappa shape index (κ1) is 22.0. The van der Waals surface area contributed by atoms with Crippen LogP contribution >= 0.6 is 0 Å². The Hall–Kier alpha value is -3.22. The molecule has 0 aromatic heterocycles. The molecule has 170 valence electrons. The Kier molecular flexibility index (Phi) is 6.26. The lowest BCUT2D eigenvalue weighted by Gasteiger charge is -2.26. The van der Waals surface area contributed by atoms with Gasteiger partial charge in [-0.15, -0.1) is 0 Å². The quantitative estimate of drug-likeness (QED) is 0.512. The van der Waals surface area contributed by atoms with Crippen molar-refractivity contribution in [3.05, 3.63) is 59.2 Å². The van der Waals surface area contributed by atoms with Crippen molar-refractivity contribution in [1.29, 1.82) is 0 Å². The van der Waals surface area contributed by atoms with E-state index in [4.69, 9.17) is 9.78 Å². The minimum Gasteiger partial charge on any atom is -0.316 e. The van der Waals surface area contributed by atoms with Crippen LogP contribution in [0.2, 0.25) is 0 Å². The van der Waals surface area contributed by atoms with Crippen molar-refractivity contribution in [1.82, 2.24) is 9.80 Å². The number of hydrogen-bond acceptors (Lipinski definition) is 4. The summed E-state index contributed by atoms with van der Waals surface area (Å²) in [5.74, 6) is 0.467. The summed E-state index contributed by atoms with van der Waals surface area (Å²) in [7, 11) is 0. The van der Waals surface area contributed by atoms with E-state index in [1.807, 2.05) is 39.0 Å². The SMILES string of the molecule is CC(C)(C)c1cc(NC(=O)N2Cc3ccccc3C2)ccc1OOC(=O)N1CCCCC1. The van der Waals surface area contributed by atoms with Gasteiger partial charge in [0.1, 0.15) is 0 Å². The summed E-state index contributed by atoms with van der Waals surface area (Å²) in [6, 6.07) is 13.3. The molecular formula is C25H31N3O4. The molecule has 32 heavy (non-hydrogen) atoms. The van der Waals surface area contributed by atoms with Gasteiger partial charge in [0.15, 0.2) is 5.75 Å². The smallest absolute Gasteiger partial charge is 0.316 e. The lowest BCUT2D eigenvalue weighted by molar-refractivity contribution is -0.155. The number of anilines is 1. The number of nitrogens with zero attached hydrogens (tertiary/aromatic N) is 2. The van der Waals surface area contributed by atoms with Gasteiger partial charge in [-0.1, -0.05) is 45.0 Å². The molecule has 0 spiro atoms. The molecule has 2 aromatic rings. The highest BCUT2D eigenvalue weighted by molar-refractivity contribution is 5.90. The number of likely N-dealkylation sites (tertiary alicyclic amines) is 1. The van der Waals surface area contributed by atoms with Crippen molar-refractivity contribution >= 4 is 17.8 Å². The number of urea groups is 1. The second kappa shape index (κ2) is 9.10. The zero-order chi connectivity index (χ0) is 22.7. The highest BCUT2D eigenvalue weighted by Crippen LogP contribution is 2.34. The maximum Gasteiger partial charge on any atom is 0.452 e. The number of rotatable bonds is 3. The van der Waals surface area contributed by atoms with E-state index in [0.29, 0.717) is 37.6 Å². The molecule has 0 atom stereocenters. The lowest BCUT2D eigenvalue weighted by Crippen LogP contribution is -2.36. The first-order valence-corrected chi connectivity index (χ1v) is 11.2. The summed E-state index contributed by atoms with van der Waals surface area (Å²) in [5, 5.41) is 2.99. The molecule has 0 saturated carbocycles. The maximum atomic E-state index is 12.8. The molecule has 1 fully saturated rings. The van der Waals surface area contributed by atoms with Gasteiger partial charge in [0, 0.05) is 37.4 Å². The monoisotopic (exact) mass is 437 g/mol. The van der Waals surface area contributed by atoms with E-state index in [1.165, 1.54) is 11.1 Å². The second-order valence-corrected chi connectivity index (χ2v) is 9.50. The molecule has 2 heterocycles. The van der Waals surface area contributed by atoms with E-state index in [0.717, 1.165) is 24.8 Å². The Morgan fingerprint density at radius 2 is 1.56 bits per heavy atom. The topological polar surface area (TPSA) is 71.1 Å². The van der Waals surface area contributed by atoms with Gasteiger partial charge < -0.3 is 15.1 Å². The van der Waals surface area contributed by atoms with Gasteiger partial charge in [0.25, 0.3) is 0 Å². The highest BCUT2D eigenvalue weighted by Gasteiger charge is 2.26. The Balaban J connectivity index is 1.43. The first-order chi connectivity index (χ1) is 15.3. The molecule has 0 bridgehead atoms. The van der Waals surface area contributed by atoms with Gasteiger partial charge in [0.05, 0.1) is 0 Å². The number of carbonyl (C=O) groups is 2. The molecule has 0 radical (unpaired) electrons. The van der Waals surface area contributed by atoms with Gasteiger partial charge in [-0.3, -0.25) is 4.89 Å². The summed E-state index contributed by atoms with van der Waals surface area (Å²) in [4.78, 5) is 39.2. The van der Waals surface area contributed by atoms with E-state index in [2.05, 4.69) is 17.4 Å². The van der Waals surface area contributed by atoms with Gasteiger partial charge in [-0.05, 0) is 54.0 Å². The normalized spacial score (nSPS) is 15.8. The molecule has 4 rings (SSSR count). The largest absolute Gasteiger partial charge is 0.452 e. The second-order valence-electron chi connectivity index (χ2n) is 9.50. The van der Waals surface area contributed by atoms with Crippen molar-refractivity contribution in [3.8, 4) is 5.75 Å². The van der Waals surface area contributed by atoms with E-state index < -0.39 is 6.09 Å². The Bertz CT molecular complexity index is 968. The molecule has 0 unspecified atom stereocenters. The van der Waals surface area contributed by atoms with Crippen LogP contribution in [0.5, 0.6) is 5.75 Å². The maximum absolute atomic E-state index is 12.8. The fraction of sp³-hybridized carbons (Fsp3) is 0.440. The molecule has 7 heteroatoms. The van der Waals surface area contributed by atoms with Crippen molar-refractivity contribution < 1.29 is 19.4 Å². The number of nitrogens with one attached hydrogen (secondary N) is 1. The van der Waals surface area contributed by atoms with Crippen LogP contribution in [0.1, 0.15) is 56.7 Å². The molecule has 1 saturated heterocycles. The number of carbonyl (C=O) groups excluding carboxylic acids is 2. The van der Waals surface area contributed by atoms with Crippen LogP contribution in [-0.2, 0) is 23.4 Å². The number of hydrogen-bond donors (Lipinski definition) is 1. The molecule has 1 N–H and O–H groups in total. The van der Waals surface area contributed by atoms with Crippen LogP contribution < -0.4 is 10.2 Å². The van der Waals surface area contributed by atoms with E-state index in [1.54, 1.807) is 21.9 Å². The van der Waals surface area contributed by atoms with Crippen molar-refractivity contribution in [2.45, 2.75) is 58.5 Å². The summed E-state index contributed by atoms with van der Waals surface area (Å²) in [5.41, 5.74) is 3.59. The number of amides is 3. The third-order valence-corrected chi connectivity index (χ3v) is 5.98. The average Bonchev–Trinajstić information content (AvgIpc) is 3.22. The fourth-order valence-electron chi connectivity index (χ4n) is 4.16. The third kappa shape index (κ3) is 4.98. The molecule has 3 amide bonds. The zero-order valence-corrected chi connectivity index (χ0v) is 19.0. The number of benzene rings is 2. The molecule has 0 aliphatic carbocycles. The summed E-state index contributed by atoms with van der Waals surface area (Å²) in [6.07, 6.45) is 2.64. The standard InChI is InChI=1S/C25H31N3O4/c1-25(2,3)21-15-20(26-23(29)28-16-18-9-5-6-10-19(18)17-28)11-12-22(21)31-32-24(30)27-13-7-4-8-14-27/h5-6,9-12,15H,4,7-8,13-14,16-17H2,1-3H3,(H,26,29). The van der Waals surface area contributed by atoms with Crippen molar-refractivity contribution in [2.24, 2.45) is 0 Å². The van der Waals surface area contributed by atoms with Crippen LogP contribution in [0, 0.1) is 0 Å². The van der Waals surface area contributed by atoms with Crippen molar-refractivity contribution in [2.75, 3.05) is 18.4 Å². The molecule has 2 aromatic carbocycles. The van der Waals surface area contributed by atoms with Gasteiger partial charge in [-0.25, -0.2) is 14.5 Å². The number of fused-ring (bicyclic) bond motifs is 1. The van der Waals surface area contributed by atoms with Gasteiger partial charge >= 0.3 is 12.1 Å². The lowest BCUT2D eigenvalue weighted by atomic mass is 9.86. The van der Waals surface area contributed by atoms with E-state index >= 15 is 0 Å².